The molecule has 1 aliphatic rings. The molecule has 1 amide bonds. The summed E-state index contributed by atoms with van der Waals surface area (Å²) >= 11 is 6.05. The van der Waals surface area contributed by atoms with E-state index in [1.54, 1.807) is 23.1 Å². The molecule has 0 bridgehead atoms. The highest BCUT2D eigenvalue weighted by atomic mass is 35.5. The zero-order valence-electron chi connectivity index (χ0n) is 16.1. The van der Waals surface area contributed by atoms with Crippen LogP contribution in [0.2, 0.25) is 5.02 Å². The van der Waals surface area contributed by atoms with Crippen molar-refractivity contribution in [3.63, 3.8) is 0 Å². The van der Waals surface area contributed by atoms with Crippen LogP contribution in [0.1, 0.15) is 0 Å². The first-order valence-electron chi connectivity index (χ1n) is 9.44. The van der Waals surface area contributed by atoms with Gasteiger partial charge in [-0.3, -0.25) is 9.59 Å². The highest BCUT2D eigenvalue weighted by Crippen LogP contribution is 2.31. The molecule has 0 saturated carbocycles. The lowest BCUT2D eigenvalue weighted by molar-refractivity contribution is -0.134. The van der Waals surface area contributed by atoms with Gasteiger partial charge in [0.1, 0.15) is 5.58 Å². The molecular weight excluding hydrogens is 392 g/mol. The van der Waals surface area contributed by atoms with Crippen molar-refractivity contribution in [2.75, 3.05) is 39.8 Å². The summed E-state index contributed by atoms with van der Waals surface area (Å²) in [6.45, 7) is 2.70. The lowest BCUT2D eigenvalue weighted by Gasteiger charge is -2.32. The Labute approximate surface area is 173 Å². The van der Waals surface area contributed by atoms with Crippen LogP contribution in [0.4, 0.5) is 0 Å². The summed E-state index contributed by atoms with van der Waals surface area (Å²) in [5.74, 6) is 0.174. The number of hydrogen-bond acceptors (Lipinski definition) is 5. The van der Waals surface area contributed by atoms with Gasteiger partial charge in [-0.1, -0.05) is 41.9 Å². The van der Waals surface area contributed by atoms with Gasteiger partial charge in [-0.2, -0.15) is 0 Å². The Balaban J connectivity index is 1.69. The Bertz CT molecular complexity index is 1090. The van der Waals surface area contributed by atoms with Gasteiger partial charge >= 0.3 is 0 Å². The Hall–Kier alpha value is -2.83. The fraction of sp³-hybridized carbons (Fsp3) is 0.273. The summed E-state index contributed by atoms with van der Waals surface area (Å²) in [5, 5.41) is 0.746. The van der Waals surface area contributed by atoms with Gasteiger partial charge in [-0.25, -0.2) is 0 Å². The number of benzene rings is 2. The van der Waals surface area contributed by atoms with E-state index in [9.17, 15) is 9.59 Å². The summed E-state index contributed by atoms with van der Waals surface area (Å²) in [7, 11) is 2.02. The lowest BCUT2D eigenvalue weighted by Crippen LogP contribution is -2.48. The number of carbonyl (C=O) groups is 1. The van der Waals surface area contributed by atoms with Crippen molar-refractivity contribution in [1.29, 1.82) is 0 Å². The van der Waals surface area contributed by atoms with Gasteiger partial charge in [0.15, 0.2) is 12.4 Å². The molecule has 0 radical (unpaired) electrons. The fourth-order valence-corrected chi connectivity index (χ4v) is 3.51. The first-order chi connectivity index (χ1) is 14.0. The molecule has 4 rings (SSSR count). The van der Waals surface area contributed by atoms with Crippen molar-refractivity contribution in [1.82, 2.24) is 9.80 Å². The third kappa shape index (κ3) is 4.13. The summed E-state index contributed by atoms with van der Waals surface area (Å²) in [4.78, 5) is 29.6. The van der Waals surface area contributed by atoms with Gasteiger partial charge in [-0.15, -0.1) is 0 Å². The number of nitrogens with zero attached hydrogens (tertiary/aromatic N) is 2. The number of likely N-dealkylation sites (N-methyl/N-ethyl adjacent to an activating group) is 1. The van der Waals surface area contributed by atoms with Crippen molar-refractivity contribution < 1.29 is 13.9 Å². The highest BCUT2D eigenvalue weighted by Gasteiger charge is 2.22. The van der Waals surface area contributed by atoms with Gasteiger partial charge < -0.3 is 19.0 Å². The Morgan fingerprint density at radius 3 is 2.55 bits per heavy atom. The molecule has 150 valence electrons. The van der Waals surface area contributed by atoms with E-state index < -0.39 is 0 Å². The summed E-state index contributed by atoms with van der Waals surface area (Å²) in [6.07, 6.45) is 0. The van der Waals surface area contributed by atoms with Gasteiger partial charge in [0.25, 0.3) is 5.91 Å². The van der Waals surface area contributed by atoms with E-state index in [1.807, 2.05) is 37.4 Å². The lowest BCUT2D eigenvalue weighted by atomic mass is 10.1. The van der Waals surface area contributed by atoms with Crippen molar-refractivity contribution in [3.05, 3.63) is 63.8 Å². The predicted octanol–water partition coefficient (Wildman–Crippen LogP) is 3.27. The second-order valence-electron chi connectivity index (χ2n) is 7.07. The average Bonchev–Trinajstić information content (AvgIpc) is 2.74. The maximum atomic E-state index is 13.1. The molecule has 1 saturated heterocycles. The quantitative estimate of drug-likeness (QED) is 0.658. The van der Waals surface area contributed by atoms with Crippen LogP contribution < -0.4 is 10.2 Å². The van der Waals surface area contributed by atoms with Crippen molar-refractivity contribution in [3.8, 4) is 17.1 Å². The Morgan fingerprint density at radius 1 is 1.10 bits per heavy atom. The number of fused-ring (bicyclic) bond motifs is 1. The van der Waals surface area contributed by atoms with Gasteiger partial charge in [0.2, 0.25) is 11.2 Å². The van der Waals surface area contributed by atoms with Gasteiger partial charge in [0, 0.05) is 36.8 Å². The first-order valence-corrected chi connectivity index (χ1v) is 9.81. The number of piperazine rings is 1. The summed E-state index contributed by atoms with van der Waals surface area (Å²) in [6, 6.07) is 14.1. The molecule has 1 fully saturated rings. The van der Waals surface area contributed by atoms with E-state index >= 15 is 0 Å². The number of carbonyl (C=O) groups excluding carboxylic acids is 1. The number of ether oxygens (including phenoxy) is 1. The topological polar surface area (TPSA) is 63.0 Å². The summed E-state index contributed by atoms with van der Waals surface area (Å²) in [5.41, 5.74) is 0.762. The third-order valence-corrected chi connectivity index (χ3v) is 5.28. The number of rotatable bonds is 4. The summed E-state index contributed by atoms with van der Waals surface area (Å²) < 4.78 is 11.7. The van der Waals surface area contributed by atoms with Crippen LogP contribution in [-0.4, -0.2) is 55.5 Å². The maximum Gasteiger partial charge on any atom is 0.260 e. The average molecular weight is 413 g/mol. The minimum atomic E-state index is -0.348. The standard InChI is InChI=1S/C22H21ClN2O4/c1-24-9-11-25(12-10-24)19(26)14-28-22-20(27)17-13-16(23)7-8-18(17)29-21(22)15-5-3-2-4-6-15/h2-8,13H,9-12,14H2,1H3. The molecule has 0 unspecified atom stereocenters. The Morgan fingerprint density at radius 2 is 1.83 bits per heavy atom. The fourth-order valence-electron chi connectivity index (χ4n) is 3.34. The molecule has 0 N–H and O–H groups in total. The number of amides is 1. The van der Waals surface area contributed by atoms with E-state index in [0.717, 1.165) is 13.1 Å². The molecule has 7 heteroatoms. The van der Waals surface area contributed by atoms with E-state index in [-0.39, 0.29) is 23.7 Å². The number of hydrogen-bond donors (Lipinski definition) is 0. The second kappa shape index (κ2) is 8.27. The van der Waals surface area contributed by atoms with Crippen LogP contribution >= 0.6 is 11.6 Å². The van der Waals surface area contributed by atoms with Gasteiger partial charge in [-0.05, 0) is 25.2 Å². The van der Waals surface area contributed by atoms with Crippen molar-refractivity contribution >= 4 is 28.5 Å². The van der Waals surface area contributed by atoms with Crippen molar-refractivity contribution in [2.45, 2.75) is 0 Å². The largest absolute Gasteiger partial charge is 0.476 e. The van der Waals surface area contributed by atoms with Gasteiger partial charge in [0.05, 0.1) is 5.39 Å². The highest BCUT2D eigenvalue weighted by molar-refractivity contribution is 6.31. The van der Waals surface area contributed by atoms with E-state index in [1.165, 1.54) is 0 Å². The van der Waals surface area contributed by atoms with E-state index in [0.29, 0.717) is 40.4 Å². The molecule has 29 heavy (non-hydrogen) atoms. The molecule has 2 aromatic carbocycles. The zero-order valence-corrected chi connectivity index (χ0v) is 16.8. The minimum Gasteiger partial charge on any atom is -0.476 e. The van der Waals surface area contributed by atoms with Crippen molar-refractivity contribution in [2.24, 2.45) is 0 Å². The van der Waals surface area contributed by atoms with E-state index in [4.69, 9.17) is 20.8 Å². The molecule has 1 aromatic heterocycles. The van der Waals surface area contributed by atoms with Crippen LogP contribution in [0.3, 0.4) is 0 Å². The third-order valence-electron chi connectivity index (χ3n) is 5.04. The van der Waals surface area contributed by atoms with Crippen LogP contribution in [0.25, 0.3) is 22.3 Å². The van der Waals surface area contributed by atoms with Crippen LogP contribution in [0.15, 0.2) is 57.7 Å². The zero-order chi connectivity index (χ0) is 20.4. The number of halogens is 1. The molecular formula is C22H21ClN2O4. The monoisotopic (exact) mass is 412 g/mol. The molecule has 6 nitrogen and oxygen atoms in total. The van der Waals surface area contributed by atoms with Crippen LogP contribution in [-0.2, 0) is 4.79 Å². The first kappa shape index (κ1) is 19.5. The maximum absolute atomic E-state index is 13.1. The molecule has 2 heterocycles. The molecule has 3 aromatic rings. The molecule has 0 spiro atoms. The second-order valence-corrected chi connectivity index (χ2v) is 7.51. The normalized spacial score (nSPS) is 14.9. The van der Waals surface area contributed by atoms with Crippen LogP contribution in [0, 0.1) is 0 Å². The SMILES string of the molecule is CN1CCN(C(=O)COc2c(-c3ccccc3)oc3ccc(Cl)cc3c2=O)CC1. The molecule has 0 atom stereocenters. The molecule has 1 aliphatic heterocycles. The minimum absolute atomic E-state index is 0.0217. The smallest absolute Gasteiger partial charge is 0.260 e. The van der Waals surface area contributed by atoms with E-state index in [2.05, 4.69) is 4.90 Å². The molecule has 0 aliphatic carbocycles. The predicted molar refractivity (Wildman–Crippen MR) is 113 cm³/mol. The van der Waals surface area contributed by atoms with Crippen LogP contribution in [0.5, 0.6) is 5.75 Å². The Kier molecular flexibility index (Phi) is 5.56.